The molecule has 38 heavy (non-hydrogen) atoms. The number of rotatable bonds is 8. The van der Waals surface area contributed by atoms with Crippen molar-refractivity contribution in [3.63, 3.8) is 0 Å². The van der Waals surface area contributed by atoms with E-state index in [1.165, 1.54) is 34.1 Å². The first-order valence-electron chi connectivity index (χ1n) is 12.5. The van der Waals surface area contributed by atoms with Gasteiger partial charge in [-0.1, -0.05) is 35.0 Å². The summed E-state index contributed by atoms with van der Waals surface area (Å²) in [6.45, 7) is 2.56. The topological polar surface area (TPSA) is 89.4 Å². The first-order valence-corrected chi connectivity index (χ1v) is 12.5. The molecule has 2 heterocycles. The van der Waals surface area contributed by atoms with Crippen LogP contribution in [0.3, 0.4) is 0 Å². The van der Waals surface area contributed by atoms with E-state index in [0.717, 1.165) is 6.42 Å². The molecule has 4 aromatic rings. The first-order chi connectivity index (χ1) is 18.4. The van der Waals surface area contributed by atoms with Crippen LogP contribution in [-0.4, -0.2) is 44.3 Å². The number of anilines is 1. The molecule has 0 radical (unpaired) electrons. The van der Waals surface area contributed by atoms with Crippen molar-refractivity contribution in [3.8, 4) is 11.5 Å². The number of halogens is 1. The van der Waals surface area contributed by atoms with Crippen LogP contribution in [0.1, 0.15) is 17.5 Å². The highest BCUT2D eigenvalue weighted by atomic mass is 19.1. The Morgan fingerprint density at radius 3 is 2.34 bits per heavy atom. The summed E-state index contributed by atoms with van der Waals surface area (Å²) in [4.78, 5) is 28.2. The van der Waals surface area contributed by atoms with Crippen LogP contribution in [0.2, 0.25) is 0 Å². The number of aryl methyl sites for hydroxylation is 1. The Morgan fingerprint density at radius 2 is 1.68 bits per heavy atom. The monoisotopic (exact) mass is 513 g/mol. The van der Waals surface area contributed by atoms with E-state index in [0.29, 0.717) is 30.2 Å². The van der Waals surface area contributed by atoms with Crippen LogP contribution in [0.25, 0.3) is 0 Å². The molecular formula is C29H28FN5O3. The quantitative estimate of drug-likeness (QED) is 0.372. The smallest absolute Gasteiger partial charge is 0.247 e. The molecule has 5 rings (SSSR count). The Bertz CT molecular complexity index is 1370. The number of nitrogens with zero attached hydrogens (tertiary/aromatic N) is 4. The molecule has 0 saturated carbocycles. The number of hydrogen-bond acceptors (Lipinski definition) is 5. The molecule has 9 heteroatoms. The van der Waals surface area contributed by atoms with E-state index in [-0.39, 0.29) is 30.1 Å². The maximum absolute atomic E-state index is 13.4. The van der Waals surface area contributed by atoms with Gasteiger partial charge in [0.1, 0.15) is 29.9 Å². The van der Waals surface area contributed by atoms with Crippen molar-refractivity contribution in [3.05, 3.63) is 102 Å². The Morgan fingerprint density at radius 1 is 1.00 bits per heavy atom. The normalized spacial score (nSPS) is 16.8. The number of amides is 2. The largest absolute Gasteiger partial charge is 0.457 e. The van der Waals surface area contributed by atoms with E-state index >= 15 is 0 Å². The third kappa shape index (κ3) is 6.23. The molecule has 3 aromatic carbocycles. The molecule has 1 saturated heterocycles. The van der Waals surface area contributed by atoms with Gasteiger partial charge in [0, 0.05) is 18.4 Å². The number of carbonyl (C=O) groups excluding carboxylic acids is 2. The summed E-state index contributed by atoms with van der Waals surface area (Å²) in [5.41, 5.74) is 2.96. The Hall–Kier alpha value is -4.53. The maximum Gasteiger partial charge on any atom is 0.247 e. The Labute approximate surface area is 220 Å². The number of aromatic nitrogens is 3. The van der Waals surface area contributed by atoms with Crippen LogP contribution in [0, 0.1) is 18.7 Å². The van der Waals surface area contributed by atoms with Crippen LogP contribution in [-0.2, 0) is 22.6 Å². The van der Waals surface area contributed by atoms with Crippen LogP contribution in [0.5, 0.6) is 11.5 Å². The number of likely N-dealkylation sites (tertiary alicyclic amines) is 1. The molecule has 1 aliphatic heterocycles. The average molecular weight is 514 g/mol. The number of ether oxygens (including phenoxy) is 1. The minimum Gasteiger partial charge on any atom is -0.457 e. The van der Waals surface area contributed by atoms with E-state index in [9.17, 15) is 14.0 Å². The van der Waals surface area contributed by atoms with Gasteiger partial charge in [0.25, 0.3) is 0 Å². The summed E-state index contributed by atoms with van der Waals surface area (Å²) < 4.78 is 20.3. The van der Waals surface area contributed by atoms with E-state index in [2.05, 4.69) is 39.9 Å². The molecule has 194 valence electrons. The summed E-state index contributed by atoms with van der Waals surface area (Å²) in [5.74, 6) is 0.464. The van der Waals surface area contributed by atoms with Gasteiger partial charge < -0.3 is 15.0 Å². The minimum atomic E-state index is -0.600. The summed E-state index contributed by atoms with van der Waals surface area (Å²) >= 11 is 0. The fourth-order valence-electron chi connectivity index (χ4n) is 4.67. The zero-order chi connectivity index (χ0) is 26.5. The summed E-state index contributed by atoms with van der Waals surface area (Å²) in [5, 5.41) is 10.6. The highest BCUT2D eigenvalue weighted by Gasteiger charge is 2.39. The molecule has 1 fully saturated rings. The Kier molecular flexibility index (Phi) is 7.44. The molecule has 0 aliphatic carbocycles. The van der Waals surface area contributed by atoms with Crippen LogP contribution >= 0.6 is 0 Å². The predicted molar refractivity (Wildman–Crippen MR) is 140 cm³/mol. The number of hydrogen-bond donors (Lipinski definition) is 1. The molecule has 1 aromatic heterocycles. The number of nitrogens with one attached hydrogen (secondary N) is 1. The highest BCUT2D eigenvalue weighted by Crippen LogP contribution is 2.29. The maximum atomic E-state index is 13.4. The lowest BCUT2D eigenvalue weighted by atomic mass is 9.96. The second-order valence-corrected chi connectivity index (χ2v) is 9.52. The van der Waals surface area contributed by atoms with E-state index < -0.39 is 6.04 Å². The van der Waals surface area contributed by atoms with E-state index in [1.807, 2.05) is 6.92 Å². The van der Waals surface area contributed by atoms with Crippen LogP contribution in [0.15, 0.2) is 85.2 Å². The lowest BCUT2D eigenvalue weighted by Gasteiger charge is -2.24. The number of benzene rings is 3. The molecule has 0 spiro atoms. The van der Waals surface area contributed by atoms with Gasteiger partial charge >= 0.3 is 0 Å². The minimum absolute atomic E-state index is 0.0243. The third-order valence-corrected chi connectivity index (χ3v) is 6.60. The second kappa shape index (κ2) is 11.2. The standard InChI is InChI=1S/C29H28FN5O3/c1-20-2-4-21(5-3-20)16-22-17-27(35(18-22)28(36)19-34-15-14-31-33-34)29(37)32-24-8-12-26(13-9-24)38-25-10-6-23(30)7-11-25/h2-15,22,27H,16-19H2,1H3,(H,32,37)/t22-,27+/m1/s1. The van der Waals surface area contributed by atoms with Gasteiger partial charge in [-0.3, -0.25) is 9.59 Å². The summed E-state index contributed by atoms with van der Waals surface area (Å²) in [6, 6.07) is 20.4. The van der Waals surface area contributed by atoms with Gasteiger partial charge in [-0.25, -0.2) is 9.07 Å². The van der Waals surface area contributed by atoms with Crippen LogP contribution in [0.4, 0.5) is 10.1 Å². The van der Waals surface area contributed by atoms with Crippen molar-refractivity contribution in [2.45, 2.75) is 32.4 Å². The molecule has 1 aliphatic rings. The van der Waals surface area contributed by atoms with Gasteiger partial charge in [0.15, 0.2) is 0 Å². The molecule has 0 unspecified atom stereocenters. The predicted octanol–water partition coefficient (Wildman–Crippen LogP) is 4.62. The van der Waals surface area contributed by atoms with Crippen molar-refractivity contribution in [2.24, 2.45) is 5.92 Å². The van der Waals surface area contributed by atoms with Crippen molar-refractivity contribution in [1.29, 1.82) is 0 Å². The second-order valence-electron chi connectivity index (χ2n) is 9.52. The zero-order valence-electron chi connectivity index (χ0n) is 21.0. The van der Waals surface area contributed by atoms with Crippen molar-refractivity contribution in [1.82, 2.24) is 19.9 Å². The SMILES string of the molecule is Cc1ccc(C[C@@H]2C[C@@H](C(=O)Nc3ccc(Oc4ccc(F)cc4)cc3)N(C(=O)Cn3ccnn3)C2)cc1. The van der Waals surface area contributed by atoms with E-state index in [1.54, 1.807) is 47.5 Å². The fraction of sp³-hybridized carbons (Fsp3) is 0.241. The molecule has 2 atom stereocenters. The van der Waals surface area contributed by atoms with E-state index in [4.69, 9.17) is 4.74 Å². The van der Waals surface area contributed by atoms with Crippen molar-refractivity contribution < 1.29 is 18.7 Å². The van der Waals surface area contributed by atoms with Gasteiger partial charge in [-0.15, -0.1) is 5.10 Å². The fourth-order valence-corrected chi connectivity index (χ4v) is 4.67. The van der Waals surface area contributed by atoms with Gasteiger partial charge in [-0.05, 0) is 79.8 Å². The highest BCUT2D eigenvalue weighted by molar-refractivity contribution is 5.97. The third-order valence-electron chi connectivity index (χ3n) is 6.60. The molecule has 2 amide bonds. The lowest BCUT2D eigenvalue weighted by Crippen LogP contribution is -2.44. The first kappa shape index (κ1) is 25.1. The lowest BCUT2D eigenvalue weighted by molar-refractivity contribution is -0.137. The summed E-state index contributed by atoms with van der Waals surface area (Å²) in [6.07, 6.45) is 4.49. The zero-order valence-corrected chi connectivity index (χ0v) is 21.0. The molecule has 8 nitrogen and oxygen atoms in total. The van der Waals surface area contributed by atoms with Crippen molar-refractivity contribution in [2.75, 3.05) is 11.9 Å². The molecule has 1 N–H and O–H groups in total. The number of carbonyl (C=O) groups is 2. The Balaban J connectivity index is 1.26. The van der Waals surface area contributed by atoms with Gasteiger partial charge in [-0.2, -0.15) is 0 Å². The van der Waals surface area contributed by atoms with Gasteiger partial charge in [0.2, 0.25) is 11.8 Å². The van der Waals surface area contributed by atoms with Crippen molar-refractivity contribution >= 4 is 17.5 Å². The van der Waals surface area contributed by atoms with Crippen LogP contribution < -0.4 is 10.1 Å². The average Bonchev–Trinajstić information content (AvgIpc) is 3.58. The summed E-state index contributed by atoms with van der Waals surface area (Å²) in [7, 11) is 0. The molecular weight excluding hydrogens is 485 g/mol. The molecule has 0 bridgehead atoms. The van der Waals surface area contributed by atoms with Gasteiger partial charge in [0.05, 0.1) is 6.20 Å².